The Balaban J connectivity index is 1.69. The van der Waals surface area contributed by atoms with E-state index in [0.29, 0.717) is 6.54 Å². The smallest absolute Gasteiger partial charge is 0.224 e. The van der Waals surface area contributed by atoms with Crippen LogP contribution in [-0.4, -0.2) is 17.4 Å². The highest BCUT2D eigenvalue weighted by Crippen LogP contribution is 2.30. The van der Waals surface area contributed by atoms with Gasteiger partial charge >= 0.3 is 0 Å². The number of carbonyl (C=O) groups excluding carboxylic acids is 1. The van der Waals surface area contributed by atoms with Crippen molar-refractivity contribution in [2.24, 2.45) is 0 Å². The molecule has 0 aliphatic rings. The van der Waals surface area contributed by atoms with Crippen molar-refractivity contribution in [2.45, 2.75) is 25.7 Å². The second-order valence-corrected chi connectivity index (χ2v) is 6.86. The number of aromatic amines is 1. The first-order chi connectivity index (χ1) is 11.8. The van der Waals surface area contributed by atoms with E-state index in [2.05, 4.69) is 10.3 Å². The summed E-state index contributed by atoms with van der Waals surface area (Å²) in [6.07, 6.45) is 2.05. The zero-order chi connectivity index (χ0) is 18.0. The molecule has 1 amide bonds. The molecule has 0 saturated heterocycles. The minimum absolute atomic E-state index is 0.134. The van der Waals surface area contributed by atoms with E-state index in [0.717, 1.165) is 22.0 Å². The number of halogens is 2. The molecule has 0 aliphatic heterocycles. The van der Waals surface area contributed by atoms with Crippen molar-refractivity contribution in [3.8, 4) is 0 Å². The van der Waals surface area contributed by atoms with Gasteiger partial charge < -0.3 is 10.3 Å². The minimum Gasteiger partial charge on any atom is -0.361 e. The molecule has 3 nitrogen and oxygen atoms in total. The summed E-state index contributed by atoms with van der Waals surface area (Å²) >= 11 is 0. The number of carbonyl (C=O) groups is 1. The molecule has 0 saturated carbocycles. The number of hydrogen-bond acceptors (Lipinski definition) is 1. The molecule has 2 N–H and O–H groups in total. The van der Waals surface area contributed by atoms with Crippen LogP contribution in [0.2, 0.25) is 0 Å². The second-order valence-electron chi connectivity index (χ2n) is 6.86. The predicted octanol–water partition coefficient (Wildman–Crippen LogP) is 4.08. The van der Waals surface area contributed by atoms with Crippen molar-refractivity contribution in [3.05, 3.63) is 71.4 Å². The fourth-order valence-corrected chi connectivity index (χ4v) is 2.92. The van der Waals surface area contributed by atoms with Gasteiger partial charge in [-0.15, -0.1) is 0 Å². The molecule has 0 aliphatic carbocycles. The van der Waals surface area contributed by atoms with Crippen LogP contribution in [0.15, 0.2) is 48.7 Å². The first-order valence-electron chi connectivity index (χ1n) is 8.13. The molecule has 5 heteroatoms. The van der Waals surface area contributed by atoms with E-state index < -0.39 is 0 Å². The highest BCUT2D eigenvalue weighted by atomic mass is 19.1. The van der Waals surface area contributed by atoms with Crippen molar-refractivity contribution < 1.29 is 13.6 Å². The van der Waals surface area contributed by atoms with Crippen LogP contribution in [0, 0.1) is 11.6 Å². The summed E-state index contributed by atoms with van der Waals surface area (Å²) < 4.78 is 26.5. The maximum absolute atomic E-state index is 13.6. The van der Waals surface area contributed by atoms with E-state index >= 15 is 0 Å². The topological polar surface area (TPSA) is 44.9 Å². The Morgan fingerprint density at radius 2 is 1.76 bits per heavy atom. The highest BCUT2D eigenvalue weighted by Gasteiger charge is 2.25. The highest BCUT2D eigenvalue weighted by molar-refractivity contribution is 5.84. The lowest BCUT2D eigenvalue weighted by Gasteiger charge is -2.25. The van der Waals surface area contributed by atoms with E-state index in [1.165, 1.54) is 24.3 Å². The summed E-state index contributed by atoms with van der Waals surface area (Å²) in [5, 5.41) is 3.73. The van der Waals surface area contributed by atoms with E-state index in [1.807, 2.05) is 20.0 Å². The van der Waals surface area contributed by atoms with Crippen LogP contribution in [0.3, 0.4) is 0 Å². The van der Waals surface area contributed by atoms with Gasteiger partial charge in [-0.05, 0) is 41.5 Å². The fraction of sp³-hybridized carbons (Fsp3) is 0.250. The zero-order valence-electron chi connectivity index (χ0n) is 14.2. The van der Waals surface area contributed by atoms with Crippen LogP contribution in [0.25, 0.3) is 10.9 Å². The standard InChI is InChI=1S/C20H20F2N2O/c1-20(2,17-11-23-18-8-7-15(22)10-16(17)18)12-24-19(25)9-13-3-5-14(21)6-4-13/h3-8,10-11,23H,9,12H2,1-2H3,(H,24,25). The summed E-state index contributed by atoms with van der Waals surface area (Å²) in [6, 6.07) is 10.5. The lowest BCUT2D eigenvalue weighted by Crippen LogP contribution is -2.37. The Morgan fingerprint density at radius 3 is 2.48 bits per heavy atom. The fourth-order valence-electron chi connectivity index (χ4n) is 2.92. The van der Waals surface area contributed by atoms with Crippen LogP contribution in [0.1, 0.15) is 25.0 Å². The van der Waals surface area contributed by atoms with Gasteiger partial charge in [-0.2, -0.15) is 0 Å². The van der Waals surface area contributed by atoms with Gasteiger partial charge in [0.05, 0.1) is 6.42 Å². The third kappa shape index (κ3) is 3.87. The number of fused-ring (bicyclic) bond motifs is 1. The molecule has 25 heavy (non-hydrogen) atoms. The van der Waals surface area contributed by atoms with Gasteiger partial charge in [-0.25, -0.2) is 8.78 Å². The summed E-state index contributed by atoms with van der Waals surface area (Å²) in [7, 11) is 0. The molecule has 2 aromatic carbocycles. The van der Waals surface area contributed by atoms with Crippen LogP contribution in [0.5, 0.6) is 0 Å². The molecule has 0 radical (unpaired) electrons. The number of benzene rings is 2. The first-order valence-corrected chi connectivity index (χ1v) is 8.13. The van der Waals surface area contributed by atoms with E-state index in [1.54, 1.807) is 18.2 Å². The second kappa shape index (κ2) is 6.67. The van der Waals surface area contributed by atoms with Crippen LogP contribution < -0.4 is 5.32 Å². The maximum Gasteiger partial charge on any atom is 0.224 e. The molecule has 1 aromatic heterocycles. The largest absolute Gasteiger partial charge is 0.361 e. The number of hydrogen-bond donors (Lipinski definition) is 2. The third-order valence-corrected chi connectivity index (χ3v) is 4.38. The molecule has 0 bridgehead atoms. The van der Waals surface area contributed by atoms with Gasteiger partial charge in [0.15, 0.2) is 0 Å². The average Bonchev–Trinajstić information content (AvgIpc) is 2.99. The van der Waals surface area contributed by atoms with E-state index in [4.69, 9.17) is 0 Å². The van der Waals surface area contributed by atoms with Crippen molar-refractivity contribution in [3.63, 3.8) is 0 Å². The summed E-state index contributed by atoms with van der Waals surface area (Å²) in [5.74, 6) is -0.743. The Kier molecular flexibility index (Phi) is 4.57. The summed E-state index contributed by atoms with van der Waals surface area (Å²) in [5.41, 5.74) is 2.20. The van der Waals surface area contributed by atoms with Crippen molar-refractivity contribution >= 4 is 16.8 Å². The Bertz CT molecular complexity index is 898. The molecule has 0 unspecified atom stereocenters. The molecule has 0 fully saturated rings. The van der Waals surface area contributed by atoms with Gasteiger partial charge in [0, 0.05) is 29.1 Å². The van der Waals surface area contributed by atoms with Crippen LogP contribution in [-0.2, 0) is 16.6 Å². The minimum atomic E-state index is -0.371. The lowest BCUT2D eigenvalue weighted by atomic mass is 9.84. The maximum atomic E-state index is 13.6. The van der Waals surface area contributed by atoms with Gasteiger partial charge in [0.25, 0.3) is 0 Å². The molecule has 0 spiro atoms. The van der Waals surface area contributed by atoms with Crippen LogP contribution >= 0.6 is 0 Å². The van der Waals surface area contributed by atoms with E-state index in [9.17, 15) is 13.6 Å². The average molecular weight is 342 g/mol. The van der Waals surface area contributed by atoms with Crippen molar-refractivity contribution in [1.82, 2.24) is 10.3 Å². The molecule has 130 valence electrons. The lowest BCUT2D eigenvalue weighted by molar-refractivity contribution is -0.120. The molecular weight excluding hydrogens is 322 g/mol. The normalized spacial score (nSPS) is 11.7. The Hall–Kier alpha value is -2.69. The number of H-pyrrole nitrogens is 1. The third-order valence-electron chi connectivity index (χ3n) is 4.38. The predicted molar refractivity (Wildman–Crippen MR) is 94.4 cm³/mol. The van der Waals surface area contributed by atoms with Gasteiger partial charge in [0.1, 0.15) is 11.6 Å². The zero-order valence-corrected chi connectivity index (χ0v) is 14.2. The van der Waals surface area contributed by atoms with Crippen LogP contribution in [0.4, 0.5) is 8.78 Å². The SMILES string of the molecule is CC(C)(CNC(=O)Cc1ccc(F)cc1)c1c[nH]c2ccc(F)cc12. The van der Waals surface area contributed by atoms with Gasteiger partial charge in [-0.1, -0.05) is 26.0 Å². The molecule has 3 rings (SSSR count). The number of nitrogens with one attached hydrogen (secondary N) is 2. The quantitative estimate of drug-likeness (QED) is 0.721. The van der Waals surface area contributed by atoms with Gasteiger partial charge in [0.2, 0.25) is 5.91 Å². The number of aromatic nitrogens is 1. The molecule has 3 aromatic rings. The Morgan fingerprint density at radius 1 is 1.08 bits per heavy atom. The summed E-state index contributed by atoms with van der Waals surface area (Å²) in [6.45, 7) is 4.41. The molecular formula is C20H20F2N2O. The van der Waals surface area contributed by atoms with E-state index in [-0.39, 0.29) is 29.4 Å². The van der Waals surface area contributed by atoms with Crippen molar-refractivity contribution in [1.29, 1.82) is 0 Å². The number of amides is 1. The summed E-state index contributed by atoms with van der Waals surface area (Å²) in [4.78, 5) is 15.3. The first kappa shape index (κ1) is 17.1. The monoisotopic (exact) mass is 342 g/mol. The van der Waals surface area contributed by atoms with Crippen molar-refractivity contribution in [2.75, 3.05) is 6.54 Å². The molecule has 0 atom stereocenters. The Labute approximate surface area is 145 Å². The number of rotatable bonds is 5. The van der Waals surface area contributed by atoms with Gasteiger partial charge in [-0.3, -0.25) is 4.79 Å². The molecule has 1 heterocycles.